The number of carbonyl (C=O) groups excluding carboxylic acids is 1. The maximum Gasteiger partial charge on any atom is 0.267 e. The number of aromatic nitrogens is 2. The van der Waals surface area contributed by atoms with E-state index in [4.69, 9.17) is 4.74 Å². The van der Waals surface area contributed by atoms with Crippen LogP contribution in [0.1, 0.15) is 12.8 Å². The second-order valence-electron chi connectivity index (χ2n) is 7.04. The van der Waals surface area contributed by atoms with Crippen molar-refractivity contribution in [2.75, 3.05) is 33.4 Å². The van der Waals surface area contributed by atoms with Gasteiger partial charge in [0.25, 0.3) is 5.56 Å². The van der Waals surface area contributed by atoms with Crippen LogP contribution in [0.2, 0.25) is 0 Å². The largest absolute Gasteiger partial charge is 0.384 e. The van der Waals surface area contributed by atoms with Crippen molar-refractivity contribution < 1.29 is 9.53 Å². The summed E-state index contributed by atoms with van der Waals surface area (Å²) < 4.78 is 6.58. The number of benzene rings is 1. The number of nitrogens with zero attached hydrogens (tertiary/aromatic N) is 2. The van der Waals surface area contributed by atoms with Crippen molar-refractivity contribution in [3.8, 4) is 11.3 Å². The van der Waals surface area contributed by atoms with E-state index in [2.05, 4.69) is 15.7 Å². The van der Waals surface area contributed by atoms with E-state index in [9.17, 15) is 9.59 Å². The van der Waals surface area contributed by atoms with E-state index in [1.54, 1.807) is 13.2 Å². The van der Waals surface area contributed by atoms with Gasteiger partial charge in [-0.25, -0.2) is 4.68 Å². The summed E-state index contributed by atoms with van der Waals surface area (Å²) in [5.74, 6) is -0.219. The Labute approximate surface area is 158 Å². The van der Waals surface area contributed by atoms with E-state index in [1.165, 1.54) is 10.7 Å². The molecular weight excluding hydrogens is 344 g/mol. The highest BCUT2D eigenvalue weighted by Gasteiger charge is 2.32. The molecule has 1 aliphatic rings. The summed E-state index contributed by atoms with van der Waals surface area (Å²) in [5.41, 5.74) is 1.22. The predicted octanol–water partition coefficient (Wildman–Crippen LogP) is 1.04. The zero-order valence-electron chi connectivity index (χ0n) is 15.6. The lowest BCUT2D eigenvalue weighted by atomic mass is 9.79. The van der Waals surface area contributed by atoms with Gasteiger partial charge >= 0.3 is 0 Å². The first-order chi connectivity index (χ1) is 13.1. The number of methoxy groups -OCH3 is 1. The van der Waals surface area contributed by atoms with Crippen molar-refractivity contribution in [2.24, 2.45) is 5.41 Å². The molecule has 1 saturated heterocycles. The highest BCUT2D eigenvalue weighted by molar-refractivity contribution is 5.75. The molecule has 0 aliphatic carbocycles. The smallest absolute Gasteiger partial charge is 0.267 e. The minimum absolute atomic E-state index is 0.0556. The zero-order chi connectivity index (χ0) is 19.1. The number of ether oxygens (including phenoxy) is 1. The average molecular weight is 370 g/mol. The van der Waals surface area contributed by atoms with Crippen LogP contribution in [0.15, 0.2) is 47.3 Å². The third-order valence-corrected chi connectivity index (χ3v) is 5.00. The van der Waals surface area contributed by atoms with Crippen LogP contribution in [0.5, 0.6) is 0 Å². The summed E-state index contributed by atoms with van der Waals surface area (Å²) in [6.45, 7) is 2.88. The Balaban J connectivity index is 1.66. The Hall–Kier alpha value is -2.51. The normalized spacial score (nSPS) is 16.0. The number of nitrogens with one attached hydrogen (secondary N) is 2. The molecule has 2 aromatic rings. The molecule has 0 spiro atoms. The van der Waals surface area contributed by atoms with Crippen LogP contribution < -0.4 is 16.2 Å². The average Bonchev–Trinajstić information content (AvgIpc) is 2.70. The standard InChI is InChI=1S/C20H26N4O3/c1-27-15-20(9-11-21-12-10-20)14-22-18(25)13-24-19(26)8-7-17(23-24)16-5-3-2-4-6-16/h2-8,21H,9-15H2,1H3,(H,22,25). The van der Waals surface area contributed by atoms with Crippen molar-refractivity contribution in [3.05, 3.63) is 52.8 Å². The van der Waals surface area contributed by atoms with Crippen molar-refractivity contribution in [3.63, 3.8) is 0 Å². The van der Waals surface area contributed by atoms with E-state index in [0.717, 1.165) is 31.5 Å². The number of carbonyl (C=O) groups is 1. The highest BCUT2D eigenvalue weighted by atomic mass is 16.5. The van der Waals surface area contributed by atoms with Crippen molar-refractivity contribution >= 4 is 5.91 Å². The fourth-order valence-corrected chi connectivity index (χ4v) is 3.44. The van der Waals surface area contributed by atoms with Crippen LogP contribution in [0.3, 0.4) is 0 Å². The lowest BCUT2D eigenvalue weighted by Gasteiger charge is -2.37. The topological polar surface area (TPSA) is 85.2 Å². The number of hydrogen-bond donors (Lipinski definition) is 2. The lowest BCUT2D eigenvalue weighted by Crippen LogP contribution is -2.48. The molecule has 7 nitrogen and oxygen atoms in total. The first-order valence-corrected chi connectivity index (χ1v) is 9.22. The van der Waals surface area contributed by atoms with E-state index < -0.39 is 0 Å². The van der Waals surface area contributed by atoms with Crippen LogP contribution in [-0.2, 0) is 16.1 Å². The molecule has 0 bridgehead atoms. The summed E-state index contributed by atoms with van der Waals surface area (Å²) in [6.07, 6.45) is 1.89. The second kappa shape index (κ2) is 8.92. The van der Waals surface area contributed by atoms with Crippen LogP contribution in [0.25, 0.3) is 11.3 Å². The SMILES string of the molecule is COCC1(CNC(=O)Cn2nc(-c3ccccc3)ccc2=O)CCNCC1. The molecule has 1 aromatic carbocycles. The molecule has 2 heterocycles. The van der Waals surface area contributed by atoms with E-state index in [-0.39, 0.29) is 23.4 Å². The van der Waals surface area contributed by atoms with Crippen molar-refractivity contribution in [2.45, 2.75) is 19.4 Å². The highest BCUT2D eigenvalue weighted by Crippen LogP contribution is 2.28. The van der Waals surface area contributed by atoms with Crippen molar-refractivity contribution in [1.82, 2.24) is 20.4 Å². The molecule has 0 saturated carbocycles. The molecule has 1 aromatic heterocycles. The molecule has 0 atom stereocenters. The molecule has 2 N–H and O–H groups in total. The molecule has 144 valence electrons. The minimum Gasteiger partial charge on any atom is -0.384 e. The van der Waals surface area contributed by atoms with Gasteiger partial charge in [0.05, 0.1) is 12.3 Å². The summed E-state index contributed by atoms with van der Waals surface area (Å²) in [4.78, 5) is 24.5. The number of rotatable bonds is 7. The van der Waals surface area contributed by atoms with Gasteiger partial charge in [0.2, 0.25) is 5.91 Å². The third kappa shape index (κ3) is 5.02. The summed E-state index contributed by atoms with van der Waals surface area (Å²) in [5, 5.41) is 10.6. The summed E-state index contributed by atoms with van der Waals surface area (Å²) >= 11 is 0. The minimum atomic E-state index is -0.293. The van der Waals surface area contributed by atoms with Crippen molar-refractivity contribution in [1.29, 1.82) is 0 Å². The van der Waals surface area contributed by atoms with E-state index >= 15 is 0 Å². The zero-order valence-corrected chi connectivity index (χ0v) is 15.6. The van der Waals surface area contributed by atoms with E-state index in [0.29, 0.717) is 18.8 Å². The fourth-order valence-electron chi connectivity index (χ4n) is 3.44. The Morgan fingerprint density at radius 2 is 1.96 bits per heavy atom. The molecule has 7 heteroatoms. The quantitative estimate of drug-likeness (QED) is 0.761. The Bertz CT molecular complexity index is 808. The molecule has 0 radical (unpaired) electrons. The van der Waals surface area contributed by atoms with Gasteiger partial charge < -0.3 is 15.4 Å². The van der Waals surface area contributed by atoms with Gasteiger partial charge in [-0.15, -0.1) is 0 Å². The molecular formula is C20H26N4O3. The van der Waals surface area contributed by atoms with Crippen LogP contribution >= 0.6 is 0 Å². The Kier molecular flexibility index (Phi) is 6.36. The third-order valence-electron chi connectivity index (χ3n) is 5.00. The van der Waals surface area contributed by atoms with Gasteiger partial charge in [-0.2, -0.15) is 5.10 Å². The van der Waals surface area contributed by atoms with Gasteiger partial charge in [0.15, 0.2) is 0 Å². The first kappa shape index (κ1) is 19.3. The van der Waals surface area contributed by atoms with Gasteiger partial charge in [0.1, 0.15) is 6.54 Å². The Morgan fingerprint density at radius 1 is 1.22 bits per heavy atom. The second-order valence-corrected chi connectivity index (χ2v) is 7.04. The molecule has 1 fully saturated rings. The molecule has 0 unspecified atom stereocenters. The maximum atomic E-state index is 12.4. The number of hydrogen-bond acceptors (Lipinski definition) is 5. The lowest BCUT2D eigenvalue weighted by molar-refractivity contribution is -0.122. The summed E-state index contributed by atoms with van der Waals surface area (Å²) in [7, 11) is 1.68. The maximum absolute atomic E-state index is 12.4. The molecule has 1 aliphatic heterocycles. The number of piperidine rings is 1. The van der Waals surface area contributed by atoms with Crippen LogP contribution in [0.4, 0.5) is 0 Å². The fraction of sp³-hybridized carbons (Fsp3) is 0.450. The van der Waals surface area contributed by atoms with Gasteiger partial charge in [0, 0.05) is 30.7 Å². The van der Waals surface area contributed by atoms with Gasteiger partial charge in [-0.05, 0) is 32.0 Å². The van der Waals surface area contributed by atoms with Crippen LogP contribution in [0, 0.1) is 5.41 Å². The van der Waals surface area contributed by atoms with Gasteiger partial charge in [-0.3, -0.25) is 9.59 Å². The van der Waals surface area contributed by atoms with Gasteiger partial charge in [-0.1, -0.05) is 30.3 Å². The summed E-state index contributed by atoms with van der Waals surface area (Å²) in [6, 6.07) is 12.7. The predicted molar refractivity (Wildman–Crippen MR) is 103 cm³/mol. The molecule has 3 rings (SSSR count). The number of amides is 1. The molecule has 1 amide bonds. The van der Waals surface area contributed by atoms with Crippen LogP contribution in [-0.4, -0.2) is 49.0 Å². The molecule has 27 heavy (non-hydrogen) atoms. The van der Waals surface area contributed by atoms with E-state index in [1.807, 2.05) is 30.3 Å². The first-order valence-electron chi connectivity index (χ1n) is 9.22. The Morgan fingerprint density at radius 3 is 2.67 bits per heavy atom. The monoisotopic (exact) mass is 370 g/mol.